The molecule has 3 rings (SSSR count). The molecule has 2 N–H and O–H groups in total. The predicted molar refractivity (Wildman–Crippen MR) is 122 cm³/mol. The van der Waals surface area contributed by atoms with Gasteiger partial charge in [-0.1, -0.05) is 18.2 Å². The van der Waals surface area contributed by atoms with Crippen LogP contribution >= 0.6 is 0 Å². The number of benzene rings is 1. The number of carboxylic acids is 2. The number of nitrogens with zero attached hydrogens (tertiary/aromatic N) is 2. The van der Waals surface area contributed by atoms with Crippen LogP contribution in [0.25, 0.3) is 0 Å². The first-order valence-corrected chi connectivity index (χ1v) is 11.0. The second-order valence-corrected chi connectivity index (χ2v) is 8.08. The fraction of sp³-hybridized carbons (Fsp3) is 0.458. The van der Waals surface area contributed by atoms with Crippen LogP contribution in [0.5, 0.6) is 5.75 Å². The third kappa shape index (κ3) is 12.2. The molecule has 14 heteroatoms. The van der Waals surface area contributed by atoms with Crippen molar-refractivity contribution < 1.29 is 55.6 Å². The number of aliphatic carboxylic acids is 2. The summed E-state index contributed by atoms with van der Waals surface area (Å²) in [5.74, 6) is -4.10. The van der Waals surface area contributed by atoms with Crippen LogP contribution in [0.2, 0.25) is 0 Å². The van der Waals surface area contributed by atoms with Gasteiger partial charge in [-0.05, 0) is 42.2 Å². The normalized spacial score (nSPS) is 17.8. The van der Waals surface area contributed by atoms with E-state index in [1.165, 1.54) is 11.1 Å². The van der Waals surface area contributed by atoms with E-state index in [1.807, 2.05) is 37.7 Å². The van der Waals surface area contributed by atoms with Gasteiger partial charge in [0.15, 0.2) is 0 Å². The maximum atomic E-state index is 10.6. The van der Waals surface area contributed by atoms with Gasteiger partial charge in [0.25, 0.3) is 0 Å². The Morgan fingerprint density at radius 3 is 1.95 bits per heavy atom. The average Bonchev–Trinajstić information content (AvgIpc) is 2.85. The van der Waals surface area contributed by atoms with Crippen LogP contribution in [0.1, 0.15) is 17.5 Å². The van der Waals surface area contributed by atoms with Crippen LogP contribution in [0.4, 0.5) is 26.3 Å². The van der Waals surface area contributed by atoms with Crippen molar-refractivity contribution >= 4 is 11.9 Å². The maximum Gasteiger partial charge on any atom is 0.490 e. The number of methoxy groups -OCH3 is 2. The Hall–Kier alpha value is -3.39. The number of carboxylic acid groups (broad SMARTS) is 2. The minimum Gasteiger partial charge on any atom is -0.497 e. The summed E-state index contributed by atoms with van der Waals surface area (Å²) in [5.41, 5.74) is 2.61. The number of alkyl halides is 6. The summed E-state index contributed by atoms with van der Waals surface area (Å²) in [6.45, 7) is 3.09. The van der Waals surface area contributed by atoms with Gasteiger partial charge in [-0.25, -0.2) is 9.59 Å². The second kappa shape index (κ2) is 15.1. The first-order valence-electron chi connectivity index (χ1n) is 11.0. The standard InChI is InChI=1S/C20H26N2O2.2C2HF3O2/c1-23-19-7-5-16(6-8-19)12-18-15-22(11-9-20(18)24-2)14-17-4-3-10-21-13-17;2*3-2(4,5)1(6)7/h3-8,10,13,18,20H,9,11-12,14-15H2,1-2H3;2*(H,6,7)/t18-,20-;;/m0../s1. The van der Waals surface area contributed by atoms with E-state index in [1.54, 1.807) is 7.11 Å². The van der Waals surface area contributed by atoms with Crippen molar-refractivity contribution in [3.8, 4) is 5.75 Å². The highest BCUT2D eigenvalue weighted by atomic mass is 19.4. The summed E-state index contributed by atoms with van der Waals surface area (Å²) in [7, 11) is 3.54. The molecule has 1 aromatic carbocycles. The summed E-state index contributed by atoms with van der Waals surface area (Å²) in [6.07, 6.45) is -3.94. The Kier molecular flexibility index (Phi) is 13.0. The fourth-order valence-corrected chi connectivity index (χ4v) is 3.55. The van der Waals surface area contributed by atoms with E-state index in [4.69, 9.17) is 29.3 Å². The van der Waals surface area contributed by atoms with Crippen LogP contribution in [0, 0.1) is 5.92 Å². The third-order valence-corrected chi connectivity index (χ3v) is 5.32. The quantitative estimate of drug-likeness (QED) is 0.505. The second-order valence-electron chi connectivity index (χ2n) is 8.08. The molecule has 212 valence electrons. The lowest BCUT2D eigenvalue weighted by atomic mass is 9.88. The Balaban J connectivity index is 0.000000426. The molecular formula is C24H28F6N2O6. The van der Waals surface area contributed by atoms with Gasteiger partial charge in [0.1, 0.15) is 5.75 Å². The number of halogens is 6. The minimum absolute atomic E-state index is 0.331. The molecule has 2 aromatic rings. The maximum absolute atomic E-state index is 10.6. The molecule has 1 aliphatic rings. The number of carbonyl (C=O) groups is 2. The molecule has 1 fully saturated rings. The Bertz CT molecular complexity index is 963. The molecule has 1 saturated heterocycles. The molecule has 0 unspecified atom stereocenters. The summed E-state index contributed by atoms with van der Waals surface area (Å²) in [5, 5.41) is 14.2. The largest absolute Gasteiger partial charge is 0.497 e. The summed E-state index contributed by atoms with van der Waals surface area (Å²) in [6, 6.07) is 12.5. The van der Waals surface area contributed by atoms with Crippen molar-refractivity contribution in [2.75, 3.05) is 27.3 Å². The summed E-state index contributed by atoms with van der Waals surface area (Å²) in [4.78, 5) is 24.5. The lowest BCUT2D eigenvalue weighted by Gasteiger charge is -2.38. The molecule has 1 aromatic heterocycles. The van der Waals surface area contributed by atoms with Crippen molar-refractivity contribution in [3.63, 3.8) is 0 Å². The van der Waals surface area contributed by atoms with Gasteiger partial charge >= 0.3 is 24.3 Å². The van der Waals surface area contributed by atoms with E-state index in [9.17, 15) is 26.3 Å². The highest BCUT2D eigenvalue weighted by molar-refractivity contribution is 5.73. The van der Waals surface area contributed by atoms with Gasteiger partial charge in [-0.3, -0.25) is 9.88 Å². The average molecular weight is 554 g/mol. The molecule has 0 bridgehead atoms. The van der Waals surface area contributed by atoms with Crippen molar-refractivity contribution in [1.29, 1.82) is 0 Å². The molecule has 8 nitrogen and oxygen atoms in total. The number of rotatable bonds is 6. The molecule has 0 amide bonds. The van der Waals surface area contributed by atoms with E-state index in [2.05, 4.69) is 28.1 Å². The zero-order valence-electron chi connectivity index (χ0n) is 20.5. The van der Waals surface area contributed by atoms with Crippen LogP contribution in [0.15, 0.2) is 48.8 Å². The van der Waals surface area contributed by atoms with Crippen LogP contribution in [-0.4, -0.2) is 77.8 Å². The molecule has 2 heterocycles. The highest BCUT2D eigenvalue weighted by Gasteiger charge is 2.38. The first kappa shape index (κ1) is 32.6. The number of ether oxygens (including phenoxy) is 2. The highest BCUT2D eigenvalue weighted by Crippen LogP contribution is 2.25. The molecule has 38 heavy (non-hydrogen) atoms. The first-order chi connectivity index (χ1) is 17.7. The van der Waals surface area contributed by atoms with Crippen molar-refractivity contribution in [3.05, 3.63) is 59.9 Å². The molecule has 0 aliphatic carbocycles. The Labute approximate surface area is 214 Å². The van der Waals surface area contributed by atoms with E-state index in [0.29, 0.717) is 12.0 Å². The van der Waals surface area contributed by atoms with Gasteiger partial charge in [0, 0.05) is 45.1 Å². The number of aromatic nitrogens is 1. The molecule has 0 saturated carbocycles. The smallest absolute Gasteiger partial charge is 0.490 e. The van der Waals surface area contributed by atoms with Crippen LogP contribution in [-0.2, 0) is 27.3 Å². The van der Waals surface area contributed by atoms with E-state index < -0.39 is 24.3 Å². The van der Waals surface area contributed by atoms with Crippen LogP contribution < -0.4 is 4.74 Å². The summed E-state index contributed by atoms with van der Waals surface area (Å²) < 4.78 is 74.5. The Morgan fingerprint density at radius 1 is 0.974 bits per heavy atom. The van der Waals surface area contributed by atoms with Crippen molar-refractivity contribution in [2.45, 2.75) is 37.8 Å². The SMILES string of the molecule is COc1ccc(C[C@H]2CN(Cc3cccnc3)CC[C@@H]2OC)cc1.O=C(O)C(F)(F)F.O=C(O)C(F)(F)F. The zero-order valence-corrected chi connectivity index (χ0v) is 20.5. The van der Waals surface area contributed by atoms with Gasteiger partial charge in [-0.2, -0.15) is 26.3 Å². The van der Waals surface area contributed by atoms with Gasteiger partial charge in [0.2, 0.25) is 0 Å². The number of pyridine rings is 1. The number of hydrogen-bond acceptors (Lipinski definition) is 6. The van der Waals surface area contributed by atoms with Gasteiger partial charge < -0.3 is 19.7 Å². The van der Waals surface area contributed by atoms with Gasteiger partial charge in [-0.15, -0.1) is 0 Å². The van der Waals surface area contributed by atoms with Crippen molar-refractivity contribution in [1.82, 2.24) is 9.88 Å². The number of likely N-dealkylation sites (tertiary alicyclic amines) is 1. The minimum atomic E-state index is -5.08. The van der Waals surface area contributed by atoms with Crippen LogP contribution in [0.3, 0.4) is 0 Å². The molecular weight excluding hydrogens is 526 g/mol. The Morgan fingerprint density at radius 2 is 1.53 bits per heavy atom. The van der Waals surface area contributed by atoms with E-state index in [0.717, 1.165) is 38.2 Å². The predicted octanol–water partition coefficient (Wildman–Crippen LogP) is 4.44. The topological polar surface area (TPSA) is 109 Å². The molecule has 0 spiro atoms. The lowest BCUT2D eigenvalue weighted by molar-refractivity contribution is -0.193. The van der Waals surface area contributed by atoms with E-state index in [-0.39, 0.29) is 0 Å². The molecule has 0 radical (unpaired) electrons. The summed E-state index contributed by atoms with van der Waals surface area (Å²) >= 11 is 0. The van der Waals surface area contributed by atoms with Crippen molar-refractivity contribution in [2.24, 2.45) is 5.92 Å². The van der Waals surface area contributed by atoms with E-state index >= 15 is 0 Å². The fourth-order valence-electron chi connectivity index (χ4n) is 3.55. The third-order valence-electron chi connectivity index (χ3n) is 5.32. The molecule has 2 atom stereocenters. The zero-order chi connectivity index (χ0) is 28.9. The van der Waals surface area contributed by atoms with Gasteiger partial charge in [0.05, 0.1) is 13.2 Å². The number of hydrogen-bond donors (Lipinski definition) is 2. The monoisotopic (exact) mass is 554 g/mol. The number of piperidine rings is 1. The molecule has 1 aliphatic heterocycles. The lowest BCUT2D eigenvalue weighted by Crippen LogP contribution is -2.44.